The fourth-order valence-electron chi connectivity index (χ4n) is 1.77. The van der Waals surface area contributed by atoms with Crippen LogP contribution in [0.3, 0.4) is 0 Å². The van der Waals surface area contributed by atoms with E-state index in [0.717, 1.165) is 12.8 Å². The first-order valence-corrected chi connectivity index (χ1v) is 5.67. The Labute approximate surface area is 94.5 Å². The van der Waals surface area contributed by atoms with Crippen molar-refractivity contribution in [1.29, 1.82) is 0 Å². The maximum Gasteiger partial charge on any atom is 0.328 e. The molecule has 0 aromatic carbocycles. The van der Waals surface area contributed by atoms with Crippen LogP contribution in [-0.4, -0.2) is 42.4 Å². The van der Waals surface area contributed by atoms with Gasteiger partial charge in [-0.3, -0.25) is 4.79 Å². The second-order valence-corrected chi connectivity index (χ2v) is 3.94. The monoisotopic (exact) mass is 233 g/mol. The summed E-state index contributed by atoms with van der Waals surface area (Å²) in [6, 6.07) is -0.377. The zero-order chi connectivity index (χ0) is 11.3. The van der Waals surface area contributed by atoms with E-state index in [1.165, 1.54) is 7.11 Å². The highest BCUT2D eigenvalue weighted by molar-refractivity contribution is 6.17. The molecule has 0 aliphatic carbocycles. The van der Waals surface area contributed by atoms with Gasteiger partial charge in [0.15, 0.2) is 0 Å². The van der Waals surface area contributed by atoms with Crippen LogP contribution in [0.2, 0.25) is 0 Å². The lowest BCUT2D eigenvalue weighted by molar-refractivity contribution is -0.149. The number of carbonyl (C=O) groups excluding carboxylic acids is 2. The maximum absolute atomic E-state index is 11.5. The lowest BCUT2D eigenvalue weighted by Gasteiger charge is -2.22. The van der Waals surface area contributed by atoms with Gasteiger partial charge in [-0.25, -0.2) is 4.79 Å². The molecule has 1 heterocycles. The van der Waals surface area contributed by atoms with Crippen LogP contribution in [0.1, 0.15) is 25.7 Å². The molecule has 0 N–H and O–H groups in total. The van der Waals surface area contributed by atoms with Crippen molar-refractivity contribution < 1.29 is 14.3 Å². The second kappa shape index (κ2) is 5.95. The lowest BCUT2D eigenvalue weighted by Crippen LogP contribution is -2.39. The summed E-state index contributed by atoms with van der Waals surface area (Å²) in [4.78, 5) is 24.5. The van der Waals surface area contributed by atoms with Crippen molar-refractivity contribution >= 4 is 23.5 Å². The fraction of sp³-hybridized carbons (Fsp3) is 0.800. The number of halogens is 1. The molecule has 0 saturated carbocycles. The van der Waals surface area contributed by atoms with E-state index in [1.54, 1.807) is 4.90 Å². The molecule has 1 atom stereocenters. The summed E-state index contributed by atoms with van der Waals surface area (Å²) in [7, 11) is 1.35. The third kappa shape index (κ3) is 3.09. The van der Waals surface area contributed by atoms with Gasteiger partial charge < -0.3 is 9.64 Å². The molecular weight excluding hydrogens is 218 g/mol. The average Bonchev–Trinajstić information content (AvgIpc) is 2.60. The number of amides is 1. The fourth-order valence-corrected chi connectivity index (χ4v) is 1.96. The summed E-state index contributed by atoms with van der Waals surface area (Å²) in [6.45, 7) is 0.602. The first-order chi connectivity index (χ1) is 7.20. The largest absolute Gasteiger partial charge is 0.467 e. The third-order valence-electron chi connectivity index (χ3n) is 2.58. The topological polar surface area (TPSA) is 46.6 Å². The van der Waals surface area contributed by atoms with E-state index in [2.05, 4.69) is 4.74 Å². The van der Waals surface area contributed by atoms with Crippen molar-refractivity contribution in [2.24, 2.45) is 0 Å². The molecule has 1 saturated heterocycles. The minimum Gasteiger partial charge on any atom is -0.467 e. The molecule has 0 aromatic heterocycles. The van der Waals surface area contributed by atoms with Gasteiger partial charge in [-0.15, -0.1) is 11.6 Å². The first kappa shape index (κ1) is 12.3. The molecule has 15 heavy (non-hydrogen) atoms. The number of rotatable bonds is 5. The average molecular weight is 234 g/mol. The smallest absolute Gasteiger partial charge is 0.328 e. The second-order valence-electron chi connectivity index (χ2n) is 3.56. The first-order valence-electron chi connectivity index (χ1n) is 5.14. The Morgan fingerprint density at radius 2 is 2.33 bits per heavy atom. The zero-order valence-corrected chi connectivity index (χ0v) is 9.63. The number of alkyl halides is 1. The van der Waals surface area contributed by atoms with Crippen LogP contribution in [0.25, 0.3) is 0 Å². The van der Waals surface area contributed by atoms with E-state index >= 15 is 0 Å². The van der Waals surface area contributed by atoms with Gasteiger partial charge in [0, 0.05) is 18.8 Å². The van der Waals surface area contributed by atoms with Crippen molar-refractivity contribution in [1.82, 2.24) is 4.90 Å². The van der Waals surface area contributed by atoms with Crippen LogP contribution in [0.4, 0.5) is 0 Å². The molecule has 0 radical (unpaired) electrons. The molecule has 4 nitrogen and oxygen atoms in total. The normalized spacial score (nSPS) is 20.8. The highest BCUT2D eigenvalue weighted by atomic mass is 35.5. The van der Waals surface area contributed by atoms with Crippen LogP contribution in [0.15, 0.2) is 0 Å². The zero-order valence-electron chi connectivity index (χ0n) is 8.87. The predicted octanol–water partition coefficient (Wildman–Crippen LogP) is 1.17. The molecule has 0 aromatic rings. The van der Waals surface area contributed by atoms with Gasteiger partial charge in [-0.1, -0.05) is 0 Å². The predicted molar refractivity (Wildman–Crippen MR) is 56.7 cm³/mol. The number of ether oxygens (including phenoxy) is 1. The van der Waals surface area contributed by atoms with E-state index < -0.39 is 0 Å². The van der Waals surface area contributed by atoms with E-state index in [0.29, 0.717) is 25.3 Å². The van der Waals surface area contributed by atoms with Crippen LogP contribution in [0.5, 0.6) is 0 Å². The highest BCUT2D eigenvalue weighted by Crippen LogP contribution is 2.20. The van der Waals surface area contributed by atoms with E-state index in [4.69, 9.17) is 11.6 Å². The number of hydrogen-bond donors (Lipinski definition) is 0. The maximum atomic E-state index is 11.5. The number of unbranched alkanes of at least 4 members (excludes halogenated alkanes) is 1. The van der Waals surface area contributed by atoms with Crippen molar-refractivity contribution in [3.8, 4) is 0 Å². The Morgan fingerprint density at radius 1 is 1.60 bits per heavy atom. The molecule has 1 aliphatic rings. The Morgan fingerprint density at radius 3 is 2.93 bits per heavy atom. The minimum absolute atomic E-state index is 0.0416. The molecule has 0 spiro atoms. The molecule has 0 bridgehead atoms. The molecule has 1 rings (SSSR count). The molecule has 0 unspecified atom stereocenters. The summed E-state index contributed by atoms with van der Waals surface area (Å²) < 4.78 is 4.66. The number of hydrogen-bond acceptors (Lipinski definition) is 3. The SMILES string of the molecule is COC(=O)[C@@H]1CCC(=O)N1CCCCCl. The van der Waals surface area contributed by atoms with Crippen LogP contribution in [0, 0.1) is 0 Å². The van der Waals surface area contributed by atoms with Gasteiger partial charge in [0.2, 0.25) is 5.91 Å². The van der Waals surface area contributed by atoms with Crippen molar-refractivity contribution in [2.75, 3.05) is 19.5 Å². The Hall–Kier alpha value is -0.770. The molecule has 1 aliphatic heterocycles. The van der Waals surface area contributed by atoms with Gasteiger partial charge in [0.1, 0.15) is 6.04 Å². The summed E-state index contributed by atoms with van der Waals surface area (Å²) in [6.07, 6.45) is 2.72. The Balaban J connectivity index is 2.49. The van der Waals surface area contributed by atoms with E-state index in [9.17, 15) is 9.59 Å². The number of likely N-dealkylation sites (tertiary alicyclic amines) is 1. The molecule has 1 fully saturated rings. The standard InChI is InChI=1S/C10H16ClNO3/c1-15-10(14)8-4-5-9(13)12(8)7-3-2-6-11/h8H,2-7H2,1H3/t8-/m0/s1. The van der Waals surface area contributed by atoms with E-state index in [-0.39, 0.29) is 17.9 Å². The lowest BCUT2D eigenvalue weighted by atomic mass is 10.2. The minimum atomic E-state index is -0.377. The molecule has 1 amide bonds. The van der Waals surface area contributed by atoms with Gasteiger partial charge in [-0.05, 0) is 19.3 Å². The van der Waals surface area contributed by atoms with Gasteiger partial charge >= 0.3 is 5.97 Å². The van der Waals surface area contributed by atoms with Crippen LogP contribution in [-0.2, 0) is 14.3 Å². The number of nitrogens with zero attached hydrogens (tertiary/aromatic N) is 1. The third-order valence-corrected chi connectivity index (χ3v) is 2.85. The van der Waals surface area contributed by atoms with Crippen molar-refractivity contribution in [3.05, 3.63) is 0 Å². The summed E-state index contributed by atoms with van der Waals surface area (Å²) in [5.41, 5.74) is 0. The van der Waals surface area contributed by atoms with Gasteiger partial charge in [0.25, 0.3) is 0 Å². The summed E-state index contributed by atoms with van der Waals surface area (Å²) in [5, 5.41) is 0. The van der Waals surface area contributed by atoms with Gasteiger partial charge in [0.05, 0.1) is 7.11 Å². The number of methoxy groups -OCH3 is 1. The highest BCUT2D eigenvalue weighted by Gasteiger charge is 2.36. The number of esters is 1. The van der Waals surface area contributed by atoms with Gasteiger partial charge in [-0.2, -0.15) is 0 Å². The van der Waals surface area contributed by atoms with Crippen molar-refractivity contribution in [2.45, 2.75) is 31.7 Å². The molecule has 5 heteroatoms. The Kier molecular flexibility index (Phi) is 4.88. The van der Waals surface area contributed by atoms with E-state index in [1.807, 2.05) is 0 Å². The summed E-state index contributed by atoms with van der Waals surface area (Å²) >= 11 is 5.55. The molecular formula is C10H16ClNO3. The van der Waals surface area contributed by atoms with Crippen LogP contribution >= 0.6 is 11.6 Å². The Bertz CT molecular complexity index is 245. The number of carbonyl (C=O) groups is 2. The molecule has 86 valence electrons. The quantitative estimate of drug-likeness (QED) is 0.407. The summed E-state index contributed by atoms with van der Waals surface area (Å²) in [5.74, 6) is 0.317. The van der Waals surface area contributed by atoms with Crippen LogP contribution < -0.4 is 0 Å². The van der Waals surface area contributed by atoms with Crippen molar-refractivity contribution in [3.63, 3.8) is 0 Å².